The third-order valence-electron chi connectivity index (χ3n) is 3.23. The van der Waals surface area contributed by atoms with E-state index in [-0.39, 0.29) is 16.0 Å². The third-order valence-corrected chi connectivity index (χ3v) is 4.69. The molecule has 10 heteroatoms. The Morgan fingerprint density at radius 3 is 2.35 bits per heavy atom. The van der Waals surface area contributed by atoms with Crippen molar-refractivity contribution in [3.63, 3.8) is 0 Å². The number of carbonyl (C=O) groups is 1. The molecule has 0 saturated carbocycles. The standard InChI is InChI=1S/C16H14F3NO5S/c1-24-15(21)12-7-3-5-9-14(12)26(22,23)20-10-11-6-2-4-8-13(11)25-16(17,18)19/h2-9,20H,10H2,1H3. The molecule has 140 valence electrons. The Kier molecular flexibility index (Phi) is 5.88. The van der Waals surface area contributed by atoms with Crippen LogP contribution in [-0.4, -0.2) is 27.9 Å². The predicted molar refractivity (Wildman–Crippen MR) is 84.9 cm³/mol. The molecule has 6 nitrogen and oxygen atoms in total. The van der Waals surface area contributed by atoms with Crippen LogP contribution in [0.1, 0.15) is 15.9 Å². The molecule has 2 aromatic rings. The molecule has 0 aliphatic carbocycles. The molecule has 0 saturated heterocycles. The molecule has 0 spiro atoms. The molecule has 2 aromatic carbocycles. The van der Waals surface area contributed by atoms with Crippen molar-refractivity contribution in [1.82, 2.24) is 4.72 Å². The topological polar surface area (TPSA) is 81.7 Å². The van der Waals surface area contributed by atoms with Gasteiger partial charge in [0.25, 0.3) is 0 Å². The zero-order chi connectivity index (χ0) is 19.4. The number of sulfonamides is 1. The quantitative estimate of drug-likeness (QED) is 0.769. The average Bonchev–Trinajstić information content (AvgIpc) is 2.59. The maximum Gasteiger partial charge on any atom is 0.573 e. The van der Waals surface area contributed by atoms with Gasteiger partial charge in [-0.15, -0.1) is 13.2 Å². The first-order chi connectivity index (χ1) is 12.1. The number of carbonyl (C=O) groups excluding carboxylic acids is 1. The van der Waals surface area contributed by atoms with Crippen molar-refractivity contribution in [1.29, 1.82) is 0 Å². The SMILES string of the molecule is COC(=O)c1ccccc1S(=O)(=O)NCc1ccccc1OC(F)(F)F. The summed E-state index contributed by atoms with van der Waals surface area (Å²) in [5, 5.41) is 0. The number of esters is 1. The minimum Gasteiger partial charge on any atom is -0.465 e. The van der Waals surface area contributed by atoms with E-state index in [1.54, 1.807) is 0 Å². The number of para-hydroxylation sites is 1. The van der Waals surface area contributed by atoms with Crippen LogP contribution in [0.25, 0.3) is 0 Å². The van der Waals surface area contributed by atoms with Gasteiger partial charge in [-0.05, 0) is 18.2 Å². The second-order valence-corrected chi connectivity index (χ2v) is 6.70. The van der Waals surface area contributed by atoms with Gasteiger partial charge in [-0.2, -0.15) is 0 Å². The maximum absolute atomic E-state index is 12.5. The lowest BCUT2D eigenvalue weighted by atomic mass is 10.2. The highest BCUT2D eigenvalue weighted by molar-refractivity contribution is 7.89. The molecular weight excluding hydrogens is 375 g/mol. The smallest absolute Gasteiger partial charge is 0.465 e. The molecule has 0 bridgehead atoms. The molecule has 0 unspecified atom stereocenters. The van der Waals surface area contributed by atoms with Crippen molar-refractivity contribution in [2.75, 3.05) is 7.11 Å². The fraction of sp³-hybridized carbons (Fsp3) is 0.188. The van der Waals surface area contributed by atoms with Gasteiger partial charge in [-0.1, -0.05) is 30.3 Å². The van der Waals surface area contributed by atoms with Crippen molar-refractivity contribution in [3.8, 4) is 5.75 Å². The van der Waals surface area contributed by atoms with E-state index in [1.165, 1.54) is 42.5 Å². The summed E-state index contributed by atoms with van der Waals surface area (Å²) < 4.78 is 72.8. The van der Waals surface area contributed by atoms with E-state index in [0.29, 0.717) is 0 Å². The fourth-order valence-corrected chi connectivity index (χ4v) is 3.30. The van der Waals surface area contributed by atoms with E-state index in [2.05, 4.69) is 14.2 Å². The lowest BCUT2D eigenvalue weighted by Crippen LogP contribution is -2.26. The summed E-state index contributed by atoms with van der Waals surface area (Å²) in [7, 11) is -3.09. The number of halogens is 3. The van der Waals surface area contributed by atoms with Crippen LogP contribution in [0.3, 0.4) is 0 Å². The van der Waals surface area contributed by atoms with E-state index >= 15 is 0 Å². The van der Waals surface area contributed by atoms with Gasteiger partial charge in [0.05, 0.1) is 17.6 Å². The summed E-state index contributed by atoms with van der Waals surface area (Å²) in [5.41, 5.74) is -0.216. The number of rotatable bonds is 6. The highest BCUT2D eigenvalue weighted by Crippen LogP contribution is 2.26. The number of alkyl halides is 3. The average molecular weight is 389 g/mol. The van der Waals surface area contributed by atoms with Crippen LogP contribution in [0.4, 0.5) is 13.2 Å². The molecule has 0 aliphatic heterocycles. The second-order valence-electron chi connectivity index (χ2n) is 4.97. The third kappa shape index (κ3) is 4.96. The molecule has 0 fully saturated rings. The lowest BCUT2D eigenvalue weighted by Gasteiger charge is -2.14. The number of hydrogen-bond donors (Lipinski definition) is 1. The first-order valence-corrected chi connectivity index (χ1v) is 8.63. The Hall–Kier alpha value is -2.59. The number of nitrogens with one attached hydrogen (secondary N) is 1. The summed E-state index contributed by atoms with van der Waals surface area (Å²) in [4.78, 5) is 11.4. The minimum absolute atomic E-state index is 0.0241. The predicted octanol–water partition coefficient (Wildman–Crippen LogP) is 2.85. The largest absolute Gasteiger partial charge is 0.573 e. The molecule has 0 radical (unpaired) electrons. The van der Waals surface area contributed by atoms with Crippen LogP contribution in [0, 0.1) is 0 Å². The first-order valence-electron chi connectivity index (χ1n) is 7.15. The number of ether oxygens (including phenoxy) is 2. The Morgan fingerprint density at radius 1 is 1.08 bits per heavy atom. The van der Waals surface area contributed by atoms with Crippen LogP contribution in [0.15, 0.2) is 53.4 Å². The zero-order valence-corrected chi connectivity index (χ0v) is 14.2. The lowest BCUT2D eigenvalue weighted by molar-refractivity contribution is -0.274. The summed E-state index contributed by atoms with van der Waals surface area (Å²) in [5.74, 6) is -1.38. The first kappa shape index (κ1) is 19.7. The van der Waals surface area contributed by atoms with Crippen LogP contribution < -0.4 is 9.46 Å². The second kappa shape index (κ2) is 7.75. The fourth-order valence-electron chi connectivity index (χ4n) is 2.10. The highest BCUT2D eigenvalue weighted by Gasteiger charge is 2.32. The van der Waals surface area contributed by atoms with Crippen molar-refractivity contribution in [2.24, 2.45) is 0 Å². The van der Waals surface area contributed by atoms with Crippen molar-refractivity contribution in [2.45, 2.75) is 17.8 Å². The number of hydrogen-bond acceptors (Lipinski definition) is 5. The van der Waals surface area contributed by atoms with Crippen LogP contribution in [0.2, 0.25) is 0 Å². The van der Waals surface area contributed by atoms with Gasteiger partial charge in [0, 0.05) is 12.1 Å². The van der Waals surface area contributed by atoms with Crippen LogP contribution >= 0.6 is 0 Å². The van der Waals surface area contributed by atoms with Gasteiger partial charge in [-0.25, -0.2) is 17.9 Å². The van der Waals surface area contributed by atoms with Gasteiger partial charge >= 0.3 is 12.3 Å². The Labute approximate surface area is 147 Å². The van der Waals surface area contributed by atoms with E-state index < -0.39 is 34.6 Å². The summed E-state index contributed by atoms with van der Waals surface area (Å²) in [6.07, 6.45) is -4.91. The molecule has 0 aliphatic rings. The van der Waals surface area contributed by atoms with E-state index in [1.807, 2.05) is 0 Å². The monoisotopic (exact) mass is 389 g/mol. The van der Waals surface area contributed by atoms with E-state index in [9.17, 15) is 26.4 Å². The van der Waals surface area contributed by atoms with E-state index in [4.69, 9.17) is 0 Å². The van der Waals surface area contributed by atoms with Crippen molar-refractivity contribution in [3.05, 3.63) is 59.7 Å². The molecule has 0 aromatic heterocycles. The van der Waals surface area contributed by atoms with E-state index in [0.717, 1.165) is 13.2 Å². The molecule has 2 rings (SSSR count). The normalized spacial score (nSPS) is 11.8. The van der Waals surface area contributed by atoms with Gasteiger partial charge < -0.3 is 9.47 Å². The van der Waals surface area contributed by atoms with Crippen molar-refractivity contribution < 1.29 is 35.9 Å². The Morgan fingerprint density at radius 2 is 1.69 bits per heavy atom. The van der Waals surface area contributed by atoms with Gasteiger partial charge in [0.1, 0.15) is 5.75 Å². The molecular formula is C16H14F3NO5S. The Bertz CT molecular complexity index is 897. The molecule has 0 heterocycles. The zero-order valence-electron chi connectivity index (χ0n) is 13.4. The molecule has 1 N–H and O–H groups in total. The number of benzene rings is 2. The summed E-state index contributed by atoms with van der Waals surface area (Å²) in [6, 6.07) is 10.4. The van der Waals surface area contributed by atoms with Gasteiger partial charge in [-0.3, -0.25) is 0 Å². The summed E-state index contributed by atoms with van der Waals surface area (Å²) >= 11 is 0. The molecule has 0 amide bonds. The molecule has 26 heavy (non-hydrogen) atoms. The molecule has 0 atom stereocenters. The van der Waals surface area contributed by atoms with Gasteiger partial charge in [0.2, 0.25) is 10.0 Å². The minimum atomic E-state index is -4.91. The number of methoxy groups -OCH3 is 1. The highest BCUT2D eigenvalue weighted by atomic mass is 32.2. The van der Waals surface area contributed by atoms with Crippen LogP contribution in [0.5, 0.6) is 5.75 Å². The summed E-state index contributed by atoms with van der Waals surface area (Å²) in [6.45, 7) is -0.468. The maximum atomic E-state index is 12.5. The Balaban J connectivity index is 2.27. The van der Waals surface area contributed by atoms with Crippen LogP contribution in [-0.2, 0) is 21.3 Å². The van der Waals surface area contributed by atoms with Crippen molar-refractivity contribution >= 4 is 16.0 Å². The van der Waals surface area contributed by atoms with Gasteiger partial charge in [0.15, 0.2) is 0 Å².